The molecule has 0 spiro atoms. The van der Waals surface area contributed by atoms with Crippen molar-refractivity contribution in [1.82, 2.24) is 0 Å². The van der Waals surface area contributed by atoms with Crippen LogP contribution < -0.4 is 0 Å². The summed E-state index contributed by atoms with van der Waals surface area (Å²) in [6.07, 6.45) is 14.1. The van der Waals surface area contributed by atoms with Crippen molar-refractivity contribution < 1.29 is 9.59 Å². The standard InChI is InChI=1S/C27H30O2/c1-26-14-12-20(28)17-24(26)19(9-8-18-6-4-3-5-7-18)16-21-22-10-11-25(29)27(22,2)15-13-23(21)26/h3-7,12,14,16-17,21-23H,8-11,13,15H2,1-2H3/t21?,22?,23?,26-,27+/m1/s1. The lowest BCUT2D eigenvalue weighted by molar-refractivity contribution is -0.130. The maximum atomic E-state index is 12.7. The van der Waals surface area contributed by atoms with E-state index in [9.17, 15) is 9.59 Å². The summed E-state index contributed by atoms with van der Waals surface area (Å²) in [7, 11) is 0. The van der Waals surface area contributed by atoms with Crippen LogP contribution in [0.3, 0.4) is 0 Å². The quantitative estimate of drug-likeness (QED) is 0.673. The predicted molar refractivity (Wildman–Crippen MR) is 115 cm³/mol. The van der Waals surface area contributed by atoms with E-state index in [4.69, 9.17) is 0 Å². The van der Waals surface area contributed by atoms with Crippen molar-refractivity contribution >= 4 is 11.6 Å². The van der Waals surface area contributed by atoms with Crippen LogP contribution in [0.4, 0.5) is 0 Å². The van der Waals surface area contributed by atoms with Crippen LogP contribution in [-0.2, 0) is 16.0 Å². The molecule has 5 rings (SSSR count). The third kappa shape index (κ3) is 2.83. The van der Waals surface area contributed by atoms with Crippen molar-refractivity contribution in [3.63, 3.8) is 0 Å². The van der Waals surface area contributed by atoms with Crippen molar-refractivity contribution in [2.45, 2.75) is 52.4 Å². The van der Waals surface area contributed by atoms with E-state index in [-0.39, 0.29) is 16.6 Å². The van der Waals surface area contributed by atoms with Gasteiger partial charge >= 0.3 is 0 Å². The Labute approximate surface area is 173 Å². The van der Waals surface area contributed by atoms with Gasteiger partial charge in [-0.15, -0.1) is 0 Å². The van der Waals surface area contributed by atoms with Crippen LogP contribution in [0.25, 0.3) is 0 Å². The van der Waals surface area contributed by atoms with Gasteiger partial charge in [0.2, 0.25) is 0 Å². The van der Waals surface area contributed by atoms with E-state index in [1.807, 2.05) is 6.08 Å². The average molecular weight is 387 g/mol. The Hall–Kier alpha value is -2.22. The molecule has 150 valence electrons. The maximum Gasteiger partial charge on any atom is 0.178 e. The van der Waals surface area contributed by atoms with E-state index in [1.54, 1.807) is 6.08 Å². The lowest BCUT2D eigenvalue weighted by Crippen LogP contribution is -2.49. The van der Waals surface area contributed by atoms with Crippen LogP contribution in [0.5, 0.6) is 0 Å². The first-order valence-corrected chi connectivity index (χ1v) is 11.2. The summed E-state index contributed by atoms with van der Waals surface area (Å²) in [6.45, 7) is 4.54. The fourth-order valence-electron chi connectivity index (χ4n) is 6.82. The molecule has 2 fully saturated rings. The molecule has 0 N–H and O–H groups in total. The van der Waals surface area contributed by atoms with Crippen LogP contribution in [0.15, 0.2) is 65.8 Å². The number of rotatable bonds is 3. The highest BCUT2D eigenvalue weighted by Crippen LogP contribution is 2.63. The third-order valence-corrected chi connectivity index (χ3v) is 8.54. The second-order valence-electron chi connectivity index (χ2n) is 9.96. The normalized spacial score (nSPS) is 38.1. The van der Waals surface area contributed by atoms with Gasteiger partial charge < -0.3 is 0 Å². The fraction of sp³-hybridized carbons (Fsp3) is 0.481. The van der Waals surface area contributed by atoms with Crippen LogP contribution >= 0.6 is 0 Å². The van der Waals surface area contributed by atoms with Gasteiger partial charge in [0, 0.05) is 17.3 Å². The zero-order chi connectivity index (χ0) is 20.2. The molecule has 2 heteroatoms. The molecule has 0 aliphatic heterocycles. The first-order chi connectivity index (χ1) is 13.9. The number of carbonyl (C=O) groups excluding carboxylic acids is 2. The summed E-state index contributed by atoms with van der Waals surface area (Å²) >= 11 is 0. The summed E-state index contributed by atoms with van der Waals surface area (Å²) in [6, 6.07) is 10.6. The van der Waals surface area contributed by atoms with E-state index in [2.05, 4.69) is 56.3 Å². The Morgan fingerprint density at radius 3 is 2.59 bits per heavy atom. The Kier molecular flexibility index (Phi) is 4.31. The molecule has 2 saturated carbocycles. The Morgan fingerprint density at radius 2 is 1.79 bits per heavy atom. The van der Waals surface area contributed by atoms with Gasteiger partial charge in [-0.2, -0.15) is 0 Å². The molecule has 0 bridgehead atoms. The summed E-state index contributed by atoms with van der Waals surface area (Å²) in [5, 5.41) is 0. The van der Waals surface area contributed by atoms with Gasteiger partial charge in [-0.05, 0) is 78.7 Å². The lowest BCUT2D eigenvalue weighted by Gasteiger charge is -2.54. The van der Waals surface area contributed by atoms with Crippen molar-refractivity contribution in [2.24, 2.45) is 28.6 Å². The summed E-state index contributed by atoms with van der Waals surface area (Å²) in [5.74, 6) is 1.96. The SMILES string of the molecule is C[C@]12C=CC(=O)C=C1C(CCc1ccccc1)=CC1C2CC[C@]2(C)C(=O)CCC12. The average Bonchev–Trinajstić information content (AvgIpc) is 3.03. The van der Waals surface area contributed by atoms with Gasteiger partial charge in [-0.1, -0.05) is 56.3 Å². The third-order valence-electron chi connectivity index (χ3n) is 8.54. The molecular formula is C27H30O2. The fourth-order valence-corrected chi connectivity index (χ4v) is 6.82. The number of hydrogen-bond donors (Lipinski definition) is 0. The number of hydrogen-bond acceptors (Lipinski definition) is 2. The summed E-state index contributed by atoms with van der Waals surface area (Å²) in [4.78, 5) is 25.0. The topological polar surface area (TPSA) is 34.1 Å². The molecule has 29 heavy (non-hydrogen) atoms. The van der Waals surface area contributed by atoms with Gasteiger partial charge in [0.1, 0.15) is 5.78 Å². The number of Topliss-reactive ketones (excluding diaryl/α,β-unsaturated/α-hetero) is 1. The molecular weight excluding hydrogens is 356 g/mol. The molecule has 0 heterocycles. The second kappa shape index (κ2) is 6.65. The number of carbonyl (C=O) groups is 2. The van der Waals surface area contributed by atoms with Gasteiger partial charge in [0.25, 0.3) is 0 Å². The molecule has 0 amide bonds. The molecule has 3 unspecified atom stereocenters. The number of ketones is 2. The molecule has 0 saturated heterocycles. The largest absolute Gasteiger partial charge is 0.299 e. The van der Waals surface area contributed by atoms with E-state index >= 15 is 0 Å². The zero-order valence-corrected chi connectivity index (χ0v) is 17.5. The first-order valence-electron chi connectivity index (χ1n) is 11.2. The van der Waals surface area contributed by atoms with Crippen LogP contribution in [0, 0.1) is 28.6 Å². The molecule has 0 radical (unpaired) electrons. The second-order valence-corrected chi connectivity index (χ2v) is 9.96. The van der Waals surface area contributed by atoms with E-state index in [0.29, 0.717) is 23.5 Å². The minimum atomic E-state index is -0.145. The van der Waals surface area contributed by atoms with Gasteiger partial charge in [-0.25, -0.2) is 0 Å². The molecule has 5 atom stereocenters. The lowest BCUT2D eigenvalue weighted by atomic mass is 9.49. The van der Waals surface area contributed by atoms with Crippen molar-refractivity contribution in [3.05, 3.63) is 71.3 Å². The minimum Gasteiger partial charge on any atom is -0.299 e. The molecule has 4 aliphatic carbocycles. The number of allylic oxidation sites excluding steroid dienone is 6. The van der Waals surface area contributed by atoms with Crippen LogP contribution in [0.1, 0.15) is 51.5 Å². The van der Waals surface area contributed by atoms with Crippen LogP contribution in [-0.4, -0.2) is 11.6 Å². The zero-order valence-electron chi connectivity index (χ0n) is 17.5. The van der Waals surface area contributed by atoms with Gasteiger partial charge in [0.05, 0.1) is 0 Å². The highest BCUT2D eigenvalue weighted by molar-refractivity contribution is 6.02. The maximum absolute atomic E-state index is 12.7. The number of benzene rings is 1. The Balaban J connectivity index is 1.55. The number of fused-ring (bicyclic) bond motifs is 5. The molecule has 1 aromatic carbocycles. The smallest absolute Gasteiger partial charge is 0.178 e. The Bertz CT molecular complexity index is 950. The monoisotopic (exact) mass is 386 g/mol. The molecule has 0 aromatic heterocycles. The van der Waals surface area contributed by atoms with E-state index < -0.39 is 0 Å². The number of aryl methyl sites for hydroxylation is 1. The first kappa shape index (κ1) is 18.8. The minimum absolute atomic E-state index is 0.0910. The molecule has 1 aromatic rings. The Morgan fingerprint density at radius 1 is 1.00 bits per heavy atom. The van der Waals surface area contributed by atoms with Crippen molar-refractivity contribution in [1.29, 1.82) is 0 Å². The van der Waals surface area contributed by atoms with Gasteiger partial charge in [0.15, 0.2) is 5.78 Å². The van der Waals surface area contributed by atoms with Gasteiger partial charge in [-0.3, -0.25) is 9.59 Å². The molecule has 2 nitrogen and oxygen atoms in total. The highest BCUT2D eigenvalue weighted by Gasteiger charge is 2.58. The summed E-state index contributed by atoms with van der Waals surface area (Å²) in [5.41, 5.74) is 3.66. The van der Waals surface area contributed by atoms with Crippen LogP contribution in [0.2, 0.25) is 0 Å². The van der Waals surface area contributed by atoms with E-state index in [0.717, 1.165) is 38.5 Å². The predicted octanol–water partition coefficient (Wildman–Crippen LogP) is 5.64. The van der Waals surface area contributed by atoms with E-state index in [1.165, 1.54) is 16.7 Å². The van der Waals surface area contributed by atoms with Crippen molar-refractivity contribution in [2.75, 3.05) is 0 Å². The highest BCUT2D eigenvalue weighted by atomic mass is 16.1. The summed E-state index contributed by atoms with van der Waals surface area (Å²) < 4.78 is 0. The molecule has 4 aliphatic rings. The van der Waals surface area contributed by atoms with Crippen molar-refractivity contribution in [3.8, 4) is 0 Å².